The second-order valence-corrected chi connectivity index (χ2v) is 7.80. The zero-order valence-corrected chi connectivity index (χ0v) is 16.1. The molecule has 0 aliphatic carbocycles. The van der Waals surface area contributed by atoms with E-state index in [1.54, 1.807) is 6.20 Å². The number of halogens is 1. The van der Waals surface area contributed by atoms with Crippen molar-refractivity contribution >= 4 is 33.3 Å². The number of nitrogen functional groups attached to an aromatic ring is 1. The minimum atomic E-state index is 0.279. The number of aromatic nitrogens is 2. The van der Waals surface area contributed by atoms with Crippen molar-refractivity contribution in [1.29, 1.82) is 0 Å². The lowest BCUT2D eigenvalue weighted by molar-refractivity contribution is 0.258. The molecule has 1 atom stereocenters. The van der Waals surface area contributed by atoms with Crippen LogP contribution in [0.1, 0.15) is 11.1 Å². The molecular formula is C21H17BrN4O. The van der Waals surface area contributed by atoms with E-state index in [4.69, 9.17) is 15.5 Å². The average Bonchev–Trinajstić information content (AvgIpc) is 3.10. The van der Waals surface area contributed by atoms with Crippen LogP contribution in [0.25, 0.3) is 11.3 Å². The van der Waals surface area contributed by atoms with Crippen LogP contribution in [0.3, 0.4) is 0 Å². The number of hydrogen-bond acceptors (Lipinski definition) is 5. The molecule has 0 radical (unpaired) electrons. The summed E-state index contributed by atoms with van der Waals surface area (Å²) >= 11 is 3.55. The number of anilines is 1. The Balaban J connectivity index is 1.43. The van der Waals surface area contributed by atoms with E-state index in [2.05, 4.69) is 50.2 Å². The molecule has 0 saturated carbocycles. The normalized spacial score (nSPS) is 17.7. The Bertz CT molecular complexity index is 1080. The molecule has 1 aromatic heterocycles. The molecule has 2 aliphatic rings. The summed E-state index contributed by atoms with van der Waals surface area (Å²) < 4.78 is 7.06. The molecule has 0 amide bonds. The van der Waals surface area contributed by atoms with Crippen LogP contribution in [0.4, 0.5) is 11.6 Å². The summed E-state index contributed by atoms with van der Waals surface area (Å²) in [6.07, 6.45) is 3.50. The smallest absolute Gasteiger partial charge is 0.220 e. The molecule has 3 heterocycles. The van der Waals surface area contributed by atoms with Crippen molar-refractivity contribution in [3.8, 4) is 17.0 Å². The van der Waals surface area contributed by atoms with E-state index >= 15 is 0 Å². The van der Waals surface area contributed by atoms with Crippen molar-refractivity contribution in [2.75, 3.05) is 12.3 Å². The molecule has 2 aromatic carbocycles. The minimum absolute atomic E-state index is 0.279. The van der Waals surface area contributed by atoms with Gasteiger partial charge in [-0.3, -0.25) is 4.99 Å². The lowest BCUT2D eigenvalue weighted by Crippen LogP contribution is -2.28. The van der Waals surface area contributed by atoms with Gasteiger partial charge in [-0.25, -0.2) is 9.97 Å². The fraction of sp³-hybridized carbons (Fsp3) is 0.190. The Labute approximate surface area is 165 Å². The molecular weight excluding hydrogens is 404 g/mol. The number of fused-ring (bicyclic) bond motifs is 2. The predicted octanol–water partition coefficient (Wildman–Crippen LogP) is 4.37. The van der Waals surface area contributed by atoms with Crippen molar-refractivity contribution in [1.82, 2.24) is 9.97 Å². The highest BCUT2D eigenvalue weighted by Crippen LogP contribution is 2.36. The molecule has 0 spiro atoms. The van der Waals surface area contributed by atoms with Crippen LogP contribution in [0.2, 0.25) is 0 Å². The molecule has 5 nitrogen and oxygen atoms in total. The molecule has 0 bridgehead atoms. The zero-order valence-electron chi connectivity index (χ0n) is 14.5. The topological polar surface area (TPSA) is 73.4 Å². The van der Waals surface area contributed by atoms with E-state index in [9.17, 15) is 0 Å². The third-order valence-corrected chi connectivity index (χ3v) is 5.58. The standard InChI is InChI=1S/C21H17BrN4O/c22-16-3-4-20-14(8-16)7-15(11-27-20)19-10-13-2-1-12(9-18(13)25-19)17-5-6-24-21(23)26-17/h1-6,8-9,15H,7,10-11H2,(H2,23,24,26). The van der Waals surface area contributed by atoms with Gasteiger partial charge < -0.3 is 10.5 Å². The number of ether oxygens (including phenoxy) is 1. The van der Waals surface area contributed by atoms with E-state index in [1.807, 2.05) is 18.2 Å². The van der Waals surface area contributed by atoms with Crippen LogP contribution in [0.5, 0.6) is 5.75 Å². The first-order chi connectivity index (χ1) is 13.2. The van der Waals surface area contributed by atoms with Gasteiger partial charge in [0.25, 0.3) is 0 Å². The van der Waals surface area contributed by atoms with E-state index in [1.165, 1.54) is 16.8 Å². The van der Waals surface area contributed by atoms with Crippen LogP contribution in [-0.4, -0.2) is 22.3 Å². The molecule has 2 aliphatic heterocycles. The van der Waals surface area contributed by atoms with Crippen LogP contribution >= 0.6 is 15.9 Å². The number of rotatable bonds is 2. The van der Waals surface area contributed by atoms with E-state index in [-0.39, 0.29) is 5.95 Å². The van der Waals surface area contributed by atoms with Gasteiger partial charge in [-0.1, -0.05) is 28.1 Å². The molecule has 6 heteroatoms. The third kappa shape index (κ3) is 3.10. The summed E-state index contributed by atoms with van der Waals surface area (Å²) in [7, 11) is 0. The predicted molar refractivity (Wildman–Crippen MR) is 110 cm³/mol. The number of benzene rings is 2. The monoisotopic (exact) mass is 420 g/mol. The van der Waals surface area contributed by atoms with Crippen molar-refractivity contribution < 1.29 is 4.74 Å². The highest BCUT2D eigenvalue weighted by molar-refractivity contribution is 9.10. The molecule has 27 heavy (non-hydrogen) atoms. The molecule has 5 rings (SSSR count). The summed E-state index contributed by atoms with van der Waals surface area (Å²) in [6, 6.07) is 14.3. The first kappa shape index (κ1) is 16.4. The van der Waals surface area contributed by atoms with E-state index in [0.717, 1.165) is 40.0 Å². The van der Waals surface area contributed by atoms with Crippen molar-refractivity contribution in [3.63, 3.8) is 0 Å². The summed E-state index contributed by atoms with van der Waals surface area (Å²) in [5.41, 5.74) is 12.2. The maximum Gasteiger partial charge on any atom is 0.220 e. The molecule has 1 unspecified atom stereocenters. The highest BCUT2D eigenvalue weighted by atomic mass is 79.9. The third-order valence-electron chi connectivity index (χ3n) is 5.09. The fourth-order valence-electron chi connectivity index (χ4n) is 3.71. The van der Waals surface area contributed by atoms with Gasteiger partial charge in [-0.15, -0.1) is 0 Å². The van der Waals surface area contributed by atoms with Gasteiger partial charge in [0.15, 0.2) is 0 Å². The SMILES string of the molecule is Nc1nccc(-c2ccc3c(c2)N=C(C2COc4ccc(Br)cc4C2)C3)n1. The molecule has 134 valence electrons. The van der Waals surface area contributed by atoms with Crippen LogP contribution in [-0.2, 0) is 12.8 Å². The highest BCUT2D eigenvalue weighted by Gasteiger charge is 2.28. The molecule has 3 aromatic rings. The number of hydrogen-bond donors (Lipinski definition) is 1. The second-order valence-electron chi connectivity index (χ2n) is 6.89. The van der Waals surface area contributed by atoms with Crippen molar-refractivity contribution in [2.45, 2.75) is 12.8 Å². The molecule has 2 N–H and O–H groups in total. The van der Waals surface area contributed by atoms with Gasteiger partial charge >= 0.3 is 0 Å². The summed E-state index contributed by atoms with van der Waals surface area (Å²) in [5.74, 6) is 1.56. The average molecular weight is 421 g/mol. The van der Waals surface area contributed by atoms with Crippen LogP contribution < -0.4 is 10.5 Å². The van der Waals surface area contributed by atoms with E-state index in [0.29, 0.717) is 12.5 Å². The van der Waals surface area contributed by atoms with E-state index < -0.39 is 0 Å². The number of aliphatic imine (C=N–C) groups is 1. The first-order valence-electron chi connectivity index (χ1n) is 8.86. The quantitative estimate of drug-likeness (QED) is 0.667. The largest absolute Gasteiger partial charge is 0.493 e. The van der Waals surface area contributed by atoms with Crippen LogP contribution in [0, 0.1) is 5.92 Å². The Morgan fingerprint density at radius 3 is 2.89 bits per heavy atom. The first-order valence-corrected chi connectivity index (χ1v) is 9.65. The zero-order chi connectivity index (χ0) is 18.4. The number of nitrogens with zero attached hydrogens (tertiary/aromatic N) is 3. The Morgan fingerprint density at radius 1 is 1.07 bits per heavy atom. The van der Waals surface area contributed by atoms with Gasteiger partial charge in [0.1, 0.15) is 5.75 Å². The van der Waals surface area contributed by atoms with Gasteiger partial charge in [-0.2, -0.15) is 0 Å². The molecule has 0 saturated heterocycles. The summed E-state index contributed by atoms with van der Waals surface area (Å²) in [6.45, 7) is 0.677. The second kappa shape index (κ2) is 6.46. The Kier molecular flexibility index (Phi) is 3.93. The Morgan fingerprint density at radius 2 is 2.00 bits per heavy atom. The summed E-state index contributed by atoms with van der Waals surface area (Å²) in [5, 5.41) is 0. The fourth-order valence-corrected chi connectivity index (χ4v) is 4.12. The van der Waals surface area contributed by atoms with Crippen LogP contribution in [0.15, 0.2) is 58.1 Å². The van der Waals surface area contributed by atoms with Crippen molar-refractivity contribution in [2.24, 2.45) is 10.9 Å². The van der Waals surface area contributed by atoms with Gasteiger partial charge in [-0.05, 0) is 47.9 Å². The Hall–Kier alpha value is -2.73. The lowest BCUT2D eigenvalue weighted by atomic mass is 9.90. The van der Waals surface area contributed by atoms with Crippen molar-refractivity contribution in [3.05, 3.63) is 64.3 Å². The maximum atomic E-state index is 5.98. The van der Waals surface area contributed by atoms with Gasteiger partial charge in [0.05, 0.1) is 18.0 Å². The van der Waals surface area contributed by atoms with Gasteiger partial charge in [0, 0.05) is 34.3 Å². The maximum absolute atomic E-state index is 5.98. The minimum Gasteiger partial charge on any atom is -0.493 e. The van der Waals surface area contributed by atoms with Gasteiger partial charge in [0.2, 0.25) is 5.95 Å². The lowest BCUT2D eigenvalue weighted by Gasteiger charge is -2.25. The summed E-state index contributed by atoms with van der Waals surface area (Å²) in [4.78, 5) is 13.2. The number of nitrogens with two attached hydrogens (primary N) is 1. The molecule has 0 fully saturated rings.